The third-order valence-electron chi connectivity index (χ3n) is 2.76. The van der Waals surface area contributed by atoms with Crippen molar-refractivity contribution >= 4 is 0 Å². The van der Waals surface area contributed by atoms with E-state index in [9.17, 15) is 4.39 Å². The molecule has 2 heterocycles. The molecule has 2 fully saturated rings. The van der Waals surface area contributed by atoms with Crippen LogP contribution in [-0.2, 0) is 0 Å². The molecule has 3 heteroatoms. The van der Waals surface area contributed by atoms with Crippen molar-refractivity contribution in [1.82, 2.24) is 10.6 Å². The minimum atomic E-state index is -0.554. The summed E-state index contributed by atoms with van der Waals surface area (Å²) >= 11 is 0. The first-order valence-electron chi connectivity index (χ1n) is 4.44. The van der Waals surface area contributed by atoms with E-state index in [0.29, 0.717) is 18.4 Å². The molecule has 0 radical (unpaired) electrons. The fourth-order valence-electron chi connectivity index (χ4n) is 1.86. The second-order valence-electron chi connectivity index (χ2n) is 3.60. The summed E-state index contributed by atoms with van der Waals surface area (Å²) in [7, 11) is 0. The van der Waals surface area contributed by atoms with Crippen LogP contribution >= 0.6 is 0 Å². The molecule has 64 valence electrons. The zero-order valence-electron chi connectivity index (χ0n) is 6.65. The van der Waals surface area contributed by atoms with E-state index in [0.717, 1.165) is 26.1 Å². The van der Waals surface area contributed by atoms with E-state index in [4.69, 9.17) is 0 Å². The molecule has 0 aromatic rings. The largest absolute Gasteiger partial charge is 0.316 e. The fraction of sp³-hybridized carbons (Fsp3) is 1.00. The van der Waals surface area contributed by atoms with Gasteiger partial charge in [-0.2, -0.15) is 0 Å². The summed E-state index contributed by atoms with van der Waals surface area (Å²) in [6.45, 7) is 3.01. The molecule has 2 nitrogen and oxygen atoms in total. The van der Waals surface area contributed by atoms with Crippen LogP contribution in [0.5, 0.6) is 0 Å². The summed E-state index contributed by atoms with van der Waals surface area (Å²) in [5, 5.41) is 6.58. The Morgan fingerprint density at radius 2 is 2.09 bits per heavy atom. The van der Waals surface area contributed by atoms with E-state index < -0.39 is 6.17 Å². The Kier molecular flexibility index (Phi) is 2.09. The van der Waals surface area contributed by atoms with Gasteiger partial charge < -0.3 is 10.6 Å². The zero-order valence-corrected chi connectivity index (χ0v) is 6.65. The molecule has 2 N–H and O–H groups in total. The van der Waals surface area contributed by atoms with Crippen LogP contribution in [0.3, 0.4) is 0 Å². The Morgan fingerprint density at radius 1 is 1.27 bits per heavy atom. The summed E-state index contributed by atoms with van der Waals surface area (Å²) in [6, 6.07) is 0.444. The van der Waals surface area contributed by atoms with Crippen molar-refractivity contribution in [2.24, 2.45) is 5.92 Å². The van der Waals surface area contributed by atoms with Crippen LogP contribution in [0.25, 0.3) is 0 Å². The first kappa shape index (κ1) is 7.50. The van der Waals surface area contributed by atoms with Gasteiger partial charge in [-0.05, 0) is 25.3 Å². The topological polar surface area (TPSA) is 24.1 Å². The fourth-order valence-corrected chi connectivity index (χ4v) is 1.86. The summed E-state index contributed by atoms with van der Waals surface area (Å²) in [5.74, 6) is 0.688. The molecule has 2 unspecified atom stereocenters. The minimum Gasteiger partial charge on any atom is -0.316 e. The Balaban J connectivity index is 1.82. The SMILES string of the molecule is FC1CCNC(C2CNC2)C1. The van der Waals surface area contributed by atoms with Crippen LogP contribution in [0.2, 0.25) is 0 Å². The van der Waals surface area contributed by atoms with Crippen molar-refractivity contribution in [3.63, 3.8) is 0 Å². The number of rotatable bonds is 1. The molecule has 0 amide bonds. The second kappa shape index (κ2) is 3.07. The van der Waals surface area contributed by atoms with E-state index in [1.54, 1.807) is 0 Å². The van der Waals surface area contributed by atoms with E-state index in [1.807, 2.05) is 0 Å². The molecule has 0 aliphatic carbocycles. The number of alkyl halides is 1. The normalized spacial score (nSPS) is 40.1. The highest BCUT2D eigenvalue weighted by Gasteiger charge is 2.31. The highest BCUT2D eigenvalue weighted by Crippen LogP contribution is 2.20. The summed E-state index contributed by atoms with van der Waals surface area (Å²) < 4.78 is 12.9. The molecule has 2 aliphatic heterocycles. The van der Waals surface area contributed by atoms with Gasteiger partial charge in [0.2, 0.25) is 0 Å². The maximum atomic E-state index is 12.9. The summed E-state index contributed by atoms with van der Waals surface area (Å²) in [6.07, 6.45) is 0.880. The van der Waals surface area contributed by atoms with Gasteiger partial charge in [-0.1, -0.05) is 0 Å². The van der Waals surface area contributed by atoms with Gasteiger partial charge in [0.1, 0.15) is 6.17 Å². The summed E-state index contributed by atoms with van der Waals surface area (Å²) in [5.41, 5.74) is 0. The molecule has 0 saturated carbocycles. The molecule has 0 aromatic heterocycles. The Bertz CT molecular complexity index is 136. The van der Waals surface area contributed by atoms with Gasteiger partial charge in [-0.15, -0.1) is 0 Å². The molecule has 0 spiro atoms. The van der Waals surface area contributed by atoms with Gasteiger partial charge in [-0.3, -0.25) is 0 Å². The molecule has 2 atom stereocenters. The Labute approximate surface area is 66.5 Å². The van der Waals surface area contributed by atoms with Crippen LogP contribution in [0.15, 0.2) is 0 Å². The quantitative estimate of drug-likeness (QED) is 0.573. The summed E-state index contributed by atoms with van der Waals surface area (Å²) in [4.78, 5) is 0. The van der Waals surface area contributed by atoms with Crippen molar-refractivity contribution in [2.75, 3.05) is 19.6 Å². The monoisotopic (exact) mass is 158 g/mol. The van der Waals surface area contributed by atoms with E-state index >= 15 is 0 Å². The maximum absolute atomic E-state index is 12.9. The lowest BCUT2D eigenvalue weighted by molar-refractivity contribution is 0.157. The predicted octanol–water partition coefficient (Wildman–Crippen LogP) is 0.296. The smallest absolute Gasteiger partial charge is 0.103 e. The van der Waals surface area contributed by atoms with E-state index in [2.05, 4.69) is 10.6 Å². The van der Waals surface area contributed by atoms with Crippen LogP contribution in [0.4, 0.5) is 4.39 Å². The molecule has 0 bridgehead atoms. The molecule has 2 saturated heterocycles. The van der Waals surface area contributed by atoms with Crippen molar-refractivity contribution in [3.8, 4) is 0 Å². The number of hydrogen-bond donors (Lipinski definition) is 2. The number of nitrogens with one attached hydrogen (secondary N) is 2. The van der Waals surface area contributed by atoms with Crippen molar-refractivity contribution < 1.29 is 4.39 Å². The minimum absolute atomic E-state index is 0.444. The van der Waals surface area contributed by atoms with Gasteiger partial charge in [0.15, 0.2) is 0 Å². The highest BCUT2D eigenvalue weighted by atomic mass is 19.1. The van der Waals surface area contributed by atoms with Gasteiger partial charge in [0, 0.05) is 19.1 Å². The number of halogens is 1. The van der Waals surface area contributed by atoms with E-state index in [-0.39, 0.29) is 0 Å². The first-order chi connectivity index (χ1) is 5.36. The maximum Gasteiger partial charge on any atom is 0.103 e. The van der Waals surface area contributed by atoms with E-state index in [1.165, 1.54) is 0 Å². The van der Waals surface area contributed by atoms with Crippen LogP contribution < -0.4 is 10.6 Å². The molecule has 0 aromatic carbocycles. The predicted molar refractivity (Wildman–Crippen MR) is 42.3 cm³/mol. The van der Waals surface area contributed by atoms with Gasteiger partial charge in [-0.25, -0.2) is 4.39 Å². The van der Waals surface area contributed by atoms with Crippen molar-refractivity contribution in [2.45, 2.75) is 25.1 Å². The van der Waals surface area contributed by atoms with Gasteiger partial charge in [0.05, 0.1) is 0 Å². The third-order valence-corrected chi connectivity index (χ3v) is 2.76. The molecular weight excluding hydrogens is 143 g/mol. The lowest BCUT2D eigenvalue weighted by Crippen LogP contribution is -2.56. The highest BCUT2D eigenvalue weighted by molar-refractivity contribution is 4.90. The number of piperidine rings is 1. The average Bonchev–Trinajstić information content (AvgIpc) is 1.83. The molecular formula is C8H15FN2. The van der Waals surface area contributed by atoms with Crippen molar-refractivity contribution in [3.05, 3.63) is 0 Å². The number of hydrogen-bond acceptors (Lipinski definition) is 2. The second-order valence-corrected chi connectivity index (χ2v) is 3.60. The standard InChI is InChI=1S/C8H15FN2/c9-7-1-2-11-8(3-7)6-4-10-5-6/h6-8,10-11H,1-5H2. The van der Waals surface area contributed by atoms with Gasteiger partial charge in [0.25, 0.3) is 0 Å². The zero-order chi connectivity index (χ0) is 7.68. The first-order valence-corrected chi connectivity index (χ1v) is 4.44. The average molecular weight is 158 g/mol. The van der Waals surface area contributed by atoms with Crippen molar-refractivity contribution in [1.29, 1.82) is 0 Å². The third kappa shape index (κ3) is 1.54. The van der Waals surface area contributed by atoms with Crippen LogP contribution in [0.1, 0.15) is 12.8 Å². The molecule has 11 heavy (non-hydrogen) atoms. The lowest BCUT2D eigenvalue weighted by Gasteiger charge is -2.38. The molecule has 2 aliphatic rings. The Morgan fingerprint density at radius 3 is 2.64 bits per heavy atom. The van der Waals surface area contributed by atoms with Crippen LogP contribution in [-0.4, -0.2) is 31.8 Å². The Hall–Kier alpha value is -0.150. The van der Waals surface area contributed by atoms with Gasteiger partial charge >= 0.3 is 0 Å². The molecule has 2 rings (SSSR count). The lowest BCUT2D eigenvalue weighted by atomic mass is 9.87. The van der Waals surface area contributed by atoms with Crippen LogP contribution in [0, 0.1) is 5.92 Å².